The van der Waals surface area contributed by atoms with Crippen molar-refractivity contribution in [1.29, 1.82) is 0 Å². The van der Waals surface area contributed by atoms with Crippen LogP contribution in [0.5, 0.6) is 0 Å². The fourth-order valence-electron chi connectivity index (χ4n) is 2.72. The fourth-order valence-corrected chi connectivity index (χ4v) is 2.72. The average molecular weight is 384 g/mol. The summed E-state index contributed by atoms with van der Waals surface area (Å²) in [5.41, 5.74) is 8.25. The van der Waals surface area contributed by atoms with Crippen molar-refractivity contribution in [2.24, 2.45) is 11.7 Å². The van der Waals surface area contributed by atoms with Gasteiger partial charge in [-0.15, -0.1) is 0 Å². The van der Waals surface area contributed by atoms with Gasteiger partial charge in [0.1, 0.15) is 0 Å². The van der Waals surface area contributed by atoms with E-state index < -0.39 is 24.0 Å². The van der Waals surface area contributed by atoms with E-state index in [-0.39, 0.29) is 5.92 Å². The van der Waals surface area contributed by atoms with Gasteiger partial charge in [-0.3, -0.25) is 10.1 Å². The number of nitrogens with one attached hydrogen (secondary N) is 1. The number of aromatic nitrogens is 2. The van der Waals surface area contributed by atoms with Gasteiger partial charge in [0.25, 0.3) is 5.91 Å². The van der Waals surface area contributed by atoms with Gasteiger partial charge < -0.3 is 10.5 Å². The highest BCUT2D eigenvalue weighted by molar-refractivity contribution is 5.97. The van der Waals surface area contributed by atoms with E-state index in [1.807, 2.05) is 49.5 Å². The summed E-state index contributed by atoms with van der Waals surface area (Å²) in [6, 6.07) is 8.63. The summed E-state index contributed by atoms with van der Waals surface area (Å²) in [5, 5.41) is 6.43. The third kappa shape index (κ3) is 5.06. The van der Waals surface area contributed by atoms with Gasteiger partial charge in [-0.1, -0.05) is 32.0 Å². The van der Waals surface area contributed by atoms with Gasteiger partial charge in [0, 0.05) is 17.3 Å². The molecule has 0 fully saturated rings. The van der Waals surface area contributed by atoms with E-state index in [9.17, 15) is 14.4 Å². The highest BCUT2D eigenvalue weighted by Crippen LogP contribution is 2.19. The summed E-state index contributed by atoms with van der Waals surface area (Å²) in [6.45, 7) is 7.13. The van der Waals surface area contributed by atoms with Gasteiger partial charge in [-0.2, -0.15) is 5.10 Å². The zero-order valence-corrected chi connectivity index (χ0v) is 16.3. The maximum absolute atomic E-state index is 12.2. The average Bonchev–Trinajstić information content (AvgIpc) is 2.91. The van der Waals surface area contributed by atoms with Gasteiger partial charge in [0.15, 0.2) is 6.10 Å². The van der Waals surface area contributed by atoms with Crippen LogP contribution in [0.3, 0.4) is 0 Å². The summed E-state index contributed by atoms with van der Waals surface area (Å²) < 4.78 is 6.98. The Morgan fingerprint density at radius 3 is 2.39 bits per heavy atom. The molecular weight excluding hydrogens is 360 g/mol. The number of nitrogens with two attached hydrogens (primary N) is 1. The second-order valence-corrected chi connectivity index (χ2v) is 6.62. The highest BCUT2D eigenvalue weighted by atomic mass is 16.5. The molecule has 8 heteroatoms. The lowest BCUT2D eigenvalue weighted by Gasteiger charge is -2.18. The first-order chi connectivity index (χ1) is 13.2. The van der Waals surface area contributed by atoms with E-state index in [2.05, 4.69) is 5.10 Å². The second kappa shape index (κ2) is 8.98. The number of imide groups is 1. The van der Waals surface area contributed by atoms with Crippen LogP contribution in [0.2, 0.25) is 0 Å². The minimum Gasteiger partial charge on any atom is -0.449 e. The van der Waals surface area contributed by atoms with Gasteiger partial charge in [-0.25, -0.2) is 14.3 Å². The van der Waals surface area contributed by atoms with Crippen LogP contribution in [0.1, 0.15) is 30.8 Å². The number of ether oxygens (including phenoxy) is 1. The number of rotatable bonds is 6. The molecule has 0 aliphatic rings. The molecule has 3 N–H and O–H groups in total. The molecule has 0 saturated carbocycles. The Labute approximate surface area is 163 Å². The minimum absolute atomic E-state index is 0.332. The van der Waals surface area contributed by atoms with Gasteiger partial charge in [0.2, 0.25) is 0 Å². The summed E-state index contributed by atoms with van der Waals surface area (Å²) in [7, 11) is 0. The predicted octanol–water partition coefficient (Wildman–Crippen LogP) is 2.27. The summed E-state index contributed by atoms with van der Waals surface area (Å²) in [5.74, 6) is -1.79. The van der Waals surface area contributed by atoms with Crippen LogP contribution in [0.4, 0.5) is 4.79 Å². The molecule has 0 unspecified atom stereocenters. The minimum atomic E-state index is -1.13. The Balaban J connectivity index is 2.17. The van der Waals surface area contributed by atoms with Gasteiger partial charge >= 0.3 is 12.0 Å². The number of urea groups is 1. The van der Waals surface area contributed by atoms with Crippen molar-refractivity contribution >= 4 is 24.0 Å². The molecule has 2 aromatic rings. The number of carbonyl (C=O) groups is 3. The topological polar surface area (TPSA) is 116 Å². The molecular formula is C20H24N4O4. The number of para-hydroxylation sites is 1. The molecule has 0 radical (unpaired) electrons. The van der Waals surface area contributed by atoms with E-state index in [4.69, 9.17) is 10.5 Å². The maximum Gasteiger partial charge on any atom is 0.331 e. The molecule has 1 atom stereocenters. The van der Waals surface area contributed by atoms with E-state index in [0.29, 0.717) is 0 Å². The lowest BCUT2D eigenvalue weighted by Crippen LogP contribution is -2.45. The molecule has 1 aromatic heterocycles. The van der Waals surface area contributed by atoms with Crippen molar-refractivity contribution < 1.29 is 19.1 Å². The van der Waals surface area contributed by atoms with Gasteiger partial charge in [-0.05, 0) is 38.0 Å². The maximum atomic E-state index is 12.2. The SMILES string of the molecule is Cc1nn(-c2ccccc2)c(C)c1/C=C/C(=O)O[C@@H](C(=O)NC(N)=O)C(C)C. The Bertz CT molecular complexity index is 900. The predicted molar refractivity (Wildman–Crippen MR) is 105 cm³/mol. The molecule has 148 valence electrons. The Morgan fingerprint density at radius 1 is 1.18 bits per heavy atom. The largest absolute Gasteiger partial charge is 0.449 e. The smallest absolute Gasteiger partial charge is 0.331 e. The van der Waals surface area contributed by atoms with Crippen molar-refractivity contribution in [3.8, 4) is 5.69 Å². The first-order valence-corrected chi connectivity index (χ1v) is 8.81. The molecule has 0 spiro atoms. The molecule has 2 rings (SSSR count). The first-order valence-electron chi connectivity index (χ1n) is 8.81. The number of primary amides is 1. The zero-order valence-electron chi connectivity index (χ0n) is 16.3. The van der Waals surface area contributed by atoms with Crippen LogP contribution < -0.4 is 11.1 Å². The molecule has 28 heavy (non-hydrogen) atoms. The van der Waals surface area contributed by atoms with Crippen LogP contribution in [-0.4, -0.2) is 33.8 Å². The number of carbonyl (C=O) groups excluding carboxylic acids is 3. The van der Waals surface area contributed by atoms with Crippen molar-refractivity contribution in [3.63, 3.8) is 0 Å². The lowest BCUT2D eigenvalue weighted by molar-refractivity contribution is -0.153. The monoisotopic (exact) mass is 384 g/mol. The number of hydrogen-bond acceptors (Lipinski definition) is 5. The zero-order chi connectivity index (χ0) is 20.8. The highest BCUT2D eigenvalue weighted by Gasteiger charge is 2.26. The molecule has 0 bridgehead atoms. The first kappa shape index (κ1) is 20.9. The van der Waals surface area contributed by atoms with Crippen LogP contribution in [0.15, 0.2) is 36.4 Å². The van der Waals surface area contributed by atoms with Crippen LogP contribution in [-0.2, 0) is 14.3 Å². The lowest BCUT2D eigenvalue weighted by atomic mass is 10.1. The third-order valence-corrected chi connectivity index (χ3v) is 4.09. The summed E-state index contributed by atoms with van der Waals surface area (Å²) >= 11 is 0. The quantitative estimate of drug-likeness (QED) is 0.585. The Kier molecular flexibility index (Phi) is 6.70. The van der Waals surface area contributed by atoms with Crippen LogP contribution >= 0.6 is 0 Å². The molecule has 3 amide bonds. The van der Waals surface area contributed by atoms with Crippen molar-refractivity contribution in [2.75, 3.05) is 0 Å². The van der Waals surface area contributed by atoms with E-state index in [1.165, 1.54) is 6.08 Å². The normalized spacial score (nSPS) is 12.2. The summed E-state index contributed by atoms with van der Waals surface area (Å²) in [6.07, 6.45) is 1.71. The van der Waals surface area contributed by atoms with Crippen LogP contribution in [0, 0.1) is 19.8 Å². The van der Waals surface area contributed by atoms with E-state index in [1.54, 1.807) is 24.6 Å². The van der Waals surface area contributed by atoms with E-state index >= 15 is 0 Å². The van der Waals surface area contributed by atoms with Gasteiger partial charge in [0.05, 0.1) is 11.4 Å². The molecule has 8 nitrogen and oxygen atoms in total. The molecule has 0 aliphatic heterocycles. The summed E-state index contributed by atoms with van der Waals surface area (Å²) in [4.78, 5) is 35.0. The number of benzene rings is 1. The number of nitrogens with zero attached hydrogens (tertiary/aromatic N) is 2. The molecule has 0 saturated heterocycles. The molecule has 1 aromatic carbocycles. The number of aryl methyl sites for hydroxylation is 1. The van der Waals surface area contributed by atoms with Crippen molar-refractivity contribution in [1.82, 2.24) is 15.1 Å². The van der Waals surface area contributed by atoms with Crippen molar-refractivity contribution in [2.45, 2.75) is 33.8 Å². The van der Waals surface area contributed by atoms with Crippen molar-refractivity contribution in [3.05, 3.63) is 53.4 Å². The number of esters is 1. The number of hydrogen-bond donors (Lipinski definition) is 2. The Hall–Kier alpha value is -3.42. The number of amides is 3. The second-order valence-electron chi connectivity index (χ2n) is 6.62. The van der Waals surface area contributed by atoms with Crippen LogP contribution in [0.25, 0.3) is 11.8 Å². The molecule has 0 aliphatic carbocycles. The fraction of sp³-hybridized carbons (Fsp3) is 0.300. The van der Waals surface area contributed by atoms with E-state index in [0.717, 1.165) is 22.6 Å². The molecule has 1 heterocycles. The Morgan fingerprint density at radius 2 is 1.82 bits per heavy atom. The standard InChI is InChI=1S/C20H24N4O4/c1-12(2)18(19(26)22-20(21)27)28-17(25)11-10-16-13(3)23-24(14(16)4)15-8-6-5-7-9-15/h5-12,18H,1-4H3,(H3,21,22,26,27)/b11-10+/t18-/m1/s1. The third-order valence-electron chi connectivity index (χ3n) is 4.09.